The first-order chi connectivity index (χ1) is 7.24. The number of fused-ring (bicyclic) bond motifs is 1. The Morgan fingerprint density at radius 3 is 3.07 bits per heavy atom. The third-order valence-corrected chi connectivity index (χ3v) is 2.78. The lowest BCUT2D eigenvalue weighted by Crippen LogP contribution is -2.06. The third-order valence-electron chi connectivity index (χ3n) is 2.02. The molecule has 7 heteroatoms. The van der Waals surface area contributed by atoms with Gasteiger partial charge in [-0.15, -0.1) is 0 Å². The summed E-state index contributed by atoms with van der Waals surface area (Å²) in [5.41, 5.74) is 6.51. The Hall–Kier alpha value is -0.960. The molecule has 0 fully saturated rings. The molecule has 0 saturated heterocycles. The molecule has 2 rings (SSSR count). The van der Waals surface area contributed by atoms with Crippen LogP contribution in [0.4, 0.5) is 5.82 Å². The number of hydrogen-bond acceptors (Lipinski definition) is 5. The highest BCUT2D eigenvalue weighted by Gasteiger charge is 2.12. The van der Waals surface area contributed by atoms with Crippen molar-refractivity contribution in [2.24, 2.45) is 0 Å². The van der Waals surface area contributed by atoms with Gasteiger partial charge in [0.1, 0.15) is 15.8 Å². The molecule has 0 radical (unpaired) electrons. The predicted molar refractivity (Wildman–Crippen MR) is 64.3 cm³/mol. The van der Waals surface area contributed by atoms with Crippen LogP contribution in [0.5, 0.6) is 0 Å². The molecule has 80 valence electrons. The van der Waals surface area contributed by atoms with Crippen LogP contribution >= 0.6 is 22.6 Å². The molecule has 0 aliphatic carbocycles. The molecule has 6 nitrogen and oxygen atoms in total. The zero-order valence-corrected chi connectivity index (χ0v) is 10.3. The molecule has 2 aromatic heterocycles. The van der Waals surface area contributed by atoms with Crippen molar-refractivity contribution in [2.45, 2.75) is 6.54 Å². The van der Waals surface area contributed by atoms with Gasteiger partial charge >= 0.3 is 0 Å². The number of anilines is 1. The lowest BCUT2D eigenvalue weighted by atomic mass is 10.4. The number of methoxy groups -OCH3 is 1. The summed E-state index contributed by atoms with van der Waals surface area (Å²) in [6.07, 6.45) is 1.44. The molecule has 0 amide bonds. The summed E-state index contributed by atoms with van der Waals surface area (Å²) in [5, 5.41) is 5.14. The van der Waals surface area contributed by atoms with Crippen LogP contribution in [0, 0.1) is 3.70 Å². The predicted octanol–water partition coefficient (Wildman–Crippen LogP) is 0.659. The van der Waals surface area contributed by atoms with E-state index in [1.165, 1.54) is 6.33 Å². The SMILES string of the molecule is COCCn1nc(I)c2c(N)ncnc21. The molecule has 0 aliphatic heterocycles. The minimum Gasteiger partial charge on any atom is -0.383 e. The quantitative estimate of drug-likeness (QED) is 0.841. The van der Waals surface area contributed by atoms with Gasteiger partial charge in [0.15, 0.2) is 5.65 Å². The summed E-state index contributed by atoms with van der Waals surface area (Å²) < 4.78 is 7.59. The number of nitrogens with two attached hydrogens (primary N) is 1. The normalized spacial score (nSPS) is 11.1. The van der Waals surface area contributed by atoms with Gasteiger partial charge in [0.05, 0.1) is 18.5 Å². The Morgan fingerprint density at radius 2 is 2.33 bits per heavy atom. The topological polar surface area (TPSA) is 78.9 Å². The van der Waals surface area contributed by atoms with E-state index in [0.29, 0.717) is 19.0 Å². The summed E-state index contributed by atoms with van der Waals surface area (Å²) in [4.78, 5) is 8.10. The van der Waals surface area contributed by atoms with E-state index in [1.807, 2.05) is 0 Å². The third kappa shape index (κ3) is 1.88. The molecule has 0 unspecified atom stereocenters. The maximum absolute atomic E-state index is 5.76. The van der Waals surface area contributed by atoms with Crippen LogP contribution in [-0.2, 0) is 11.3 Å². The van der Waals surface area contributed by atoms with Gasteiger partial charge in [-0.3, -0.25) is 0 Å². The Labute approximate surface area is 100.0 Å². The van der Waals surface area contributed by atoms with Crippen molar-refractivity contribution in [3.8, 4) is 0 Å². The first kappa shape index (κ1) is 10.6. The van der Waals surface area contributed by atoms with Crippen LogP contribution in [0.3, 0.4) is 0 Å². The monoisotopic (exact) mass is 319 g/mol. The van der Waals surface area contributed by atoms with E-state index in [0.717, 1.165) is 14.7 Å². The molecule has 15 heavy (non-hydrogen) atoms. The second-order valence-corrected chi connectivity index (χ2v) is 3.99. The fraction of sp³-hybridized carbons (Fsp3) is 0.375. The number of aromatic nitrogens is 4. The van der Waals surface area contributed by atoms with Gasteiger partial charge in [-0.25, -0.2) is 14.6 Å². The van der Waals surface area contributed by atoms with E-state index < -0.39 is 0 Å². The van der Waals surface area contributed by atoms with Crippen molar-refractivity contribution < 1.29 is 4.74 Å². The second kappa shape index (κ2) is 4.27. The van der Waals surface area contributed by atoms with Crippen LogP contribution in [0.2, 0.25) is 0 Å². The first-order valence-corrected chi connectivity index (χ1v) is 5.43. The molecule has 0 bridgehead atoms. The fourth-order valence-electron chi connectivity index (χ4n) is 1.32. The van der Waals surface area contributed by atoms with Gasteiger partial charge in [0.2, 0.25) is 0 Å². The number of ether oxygens (including phenoxy) is 1. The number of hydrogen-bond donors (Lipinski definition) is 1. The van der Waals surface area contributed by atoms with Crippen LogP contribution in [0.25, 0.3) is 11.0 Å². The van der Waals surface area contributed by atoms with Crippen molar-refractivity contribution in [1.82, 2.24) is 19.7 Å². The van der Waals surface area contributed by atoms with Crippen LogP contribution < -0.4 is 5.73 Å². The van der Waals surface area contributed by atoms with E-state index >= 15 is 0 Å². The molecule has 2 aromatic rings. The molecular formula is C8H10IN5O. The van der Waals surface area contributed by atoms with E-state index in [9.17, 15) is 0 Å². The van der Waals surface area contributed by atoms with E-state index in [2.05, 4.69) is 37.7 Å². The maximum atomic E-state index is 5.76. The Bertz CT molecular complexity index is 483. The minimum atomic E-state index is 0.466. The fourth-order valence-corrected chi connectivity index (χ4v) is 2.10. The number of nitrogen functional groups attached to an aromatic ring is 1. The lowest BCUT2D eigenvalue weighted by Gasteiger charge is -2.00. The van der Waals surface area contributed by atoms with Gasteiger partial charge in [-0.2, -0.15) is 5.10 Å². The molecule has 0 atom stereocenters. The van der Waals surface area contributed by atoms with Crippen molar-refractivity contribution in [3.05, 3.63) is 10.0 Å². The van der Waals surface area contributed by atoms with Gasteiger partial charge in [0, 0.05) is 7.11 Å². The number of nitrogens with zero attached hydrogens (tertiary/aromatic N) is 4. The summed E-state index contributed by atoms with van der Waals surface area (Å²) in [5.74, 6) is 0.466. The molecule has 0 aliphatic rings. The molecule has 2 heterocycles. The molecule has 2 N–H and O–H groups in total. The zero-order valence-electron chi connectivity index (χ0n) is 8.14. The average Bonchev–Trinajstić information content (AvgIpc) is 2.54. The Kier molecular flexibility index (Phi) is 3.00. The lowest BCUT2D eigenvalue weighted by molar-refractivity contribution is 0.184. The first-order valence-electron chi connectivity index (χ1n) is 4.35. The number of halogens is 1. The zero-order chi connectivity index (χ0) is 10.8. The van der Waals surface area contributed by atoms with Gasteiger partial charge in [-0.05, 0) is 22.6 Å². The van der Waals surface area contributed by atoms with Gasteiger partial charge < -0.3 is 10.5 Å². The Morgan fingerprint density at radius 1 is 1.53 bits per heavy atom. The highest BCUT2D eigenvalue weighted by Crippen LogP contribution is 2.22. The molecule has 0 spiro atoms. The smallest absolute Gasteiger partial charge is 0.164 e. The van der Waals surface area contributed by atoms with Crippen molar-refractivity contribution >= 4 is 39.4 Å². The summed E-state index contributed by atoms with van der Waals surface area (Å²) in [6, 6.07) is 0. The van der Waals surface area contributed by atoms with Crippen molar-refractivity contribution in [3.63, 3.8) is 0 Å². The summed E-state index contributed by atoms with van der Waals surface area (Å²) in [7, 11) is 1.65. The van der Waals surface area contributed by atoms with Gasteiger partial charge in [-0.1, -0.05) is 0 Å². The standard InChI is InChI=1S/C8H10IN5O/c1-15-3-2-14-8-5(6(9)13-14)7(10)11-4-12-8/h4H,2-3H2,1H3,(H2,10,11,12). The van der Waals surface area contributed by atoms with E-state index in [4.69, 9.17) is 10.5 Å². The maximum Gasteiger partial charge on any atom is 0.164 e. The molecule has 0 aromatic carbocycles. The highest BCUT2D eigenvalue weighted by atomic mass is 127. The molecular weight excluding hydrogens is 309 g/mol. The van der Waals surface area contributed by atoms with E-state index in [-0.39, 0.29) is 0 Å². The highest BCUT2D eigenvalue weighted by molar-refractivity contribution is 14.1. The van der Waals surface area contributed by atoms with Crippen LogP contribution in [0.15, 0.2) is 6.33 Å². The minimum absolute atomic E-state index is 0.466. The van der Waals surface area contributed by atoms with Crippen molar-refractivity contribution in [2.75, 3.05) is 19.5 Å². The average molecular weight is 319 g/mol. The van der Waals surface area contributed by atoms with E-state index in [1.54, 1.807) is 11.8 Å². The van der Waals surface area contributed by atoms with Crippen LogP contribution in [0.1, 0.15) is 0 Å². The second-order valence-electron chi connectivity index (χ2n) is 2.96. The largest absolute Gasteiger partial charge is 0.383 e. The summed E-state index contributed by atoms with van der Waals surface area (Å²) in [6.45, 7) is 1.25. The molecule has 0 saturated carbocycles. The van der Waals surface area contributed by atoms with Crippen molar-refractivity contribution in [1.29, 1.82) is 0 Å². The number of rotatable bonds is 3. The van der Waals surface area contributed by atoms with Crippen LogP contribution in [-0.4, -0.2) is 33.5 Å². The van der Waals surface area contributed by atoms with Gasteiger partial charge in [0.25, 0.3) is 0 Å². The Balaban J connectivity index is 2.53. The summed E-state index contributed by atoms with van der Waals surface area (Å²) >= 11 is 2.12.